The molecule has 0 fully saturated rings. The molecule has 0 atom stereocenters. The zero-order valence-electron chi connectivity index (χ0n) is 10.2. The van der Waals surface area contributed by atoms with Crippen molar-refractivity contribution >= 4 is 5.97 Å². The molecule has 0 spiro atoms. The Bertz CT molecular complexity index is 652. The van der Waals surface area contributed by atoms with Crippen molar-refractivity contribution < 1.29 is 9.90 Å². The fourth-order valence-electron chi connectivity index (χ4n) is 2.03. The Morgan fingerprint density at radius 1 is 1.28 bits per heavy atom. The summed E-state index contributed by atoms with van der Waals surface area (Å²) in [4.78, 5) is 22.4. The van der Waals surface area contributed by atoms with Gasteiger partial charge in [0, 0.05) is 5.56 Å². The SMILES string of the molecule is Cc1ccc(-c2[nH][nH]c(=O)c2CC(=O)O)c(C)c1. The molecule has 1 aromatic carbocycles. The minimum atomic E-state index is -1.02. The number of aromatic amines is 2. The van der Waals surface area contributed by atoms with Crippen LogP contribution >= 0.6 is 0 Å². The van der Waals surface area contributed by atoms with E-state index in [1.165, 1.54) is 0 Å². The molecule has 5 heteroatoms. The minimum absolute atomic E-state index is 0.259. The van der Waals surface area contributed by atoms with Crippen LogP contribution in [-0.4, -0.2) is 21.3 Å². The lowest BCUT2D eigenvalue weighted by atomic mass is 9.99. The number of aromatic nitrogens is 2. The van der Waals surface area contributed by atoms with E-state index in [1.54, 1.807) is 0 Å². The van der Waals surface area contributed by atoms with Gasteiger partial charge in [0.1, 0.15) is 0 Å². The average Bonchev–Trinajstić information content (AvgIpc) is 2.60. The summed E-state index contributed by atoms with van der Waals surface area (Å²) < 4.78 is 0. The fourth-order valence-corrected chi connectivity index (χ4v) is 2.03. The van der Waals surface area contributed by atoms with Crippen molar-refractivity contribution in [2.75, 3.05) is 0 Å². The number of carboxylic acid groups (broad SMARTS) is 1. The quantitative estimate of drug-likeness (QED) is 0.769. The van der Waals surface area contributed by atoms with Crippen molar-refractivity contribution in [3.63, 3.8) is 0 Å². The predicted molar refractivity (Wildman–Crippen MR) is 67.7 cm³/mol. The normalized spacial score (nSPS) is 10.6. The smallest absolute Gasteiger partial charge is 0.308 e. The van der Waals surface area contributed by atoms with Gasteiger partial charge in [-0.3, -0.25) is 19.8 Å². The summed E-state index contributed by atoms with van der Waals surface area (Å²) in [7, 11) is 0. The fraction of sp³-hybridized carbons (Fsp3) is 0.231. The van der Waals surface area contributed by atoms with E-state index in [0.29, 0.717) is 5.69 Å². The van der Waals surface area contributed by atoms with Crippen LogP contribution in [0.15, 0.2) is 23.0 Å². The number of carbonyl (C=O) groups is 1. The van der Waals surface area contributed by atoms with Gasteiger partial charge in [0.25, 0.3) is 5.56 Å². The Morgan fingerprint density at radius 3 is 2.61 bits per heavy atom. The summed E-state index contributed by atoms with van der Waals surface area (Å²) in [5, 5.41) is 14.0. The van der Waals surface area contributed by atoms with E-state index < -0.39 is 5.97 Å². The first kappa shape index (κ1) is 12.2. The summed E-state index contributed by atoms with van der Waals surface area (Å²) in [5.74, 6) is -1.02. The molecule has 0 aliphatic rings. The van der Waals surface area contributed by atoms with Gasteiger partial charge in [0.15, 0.2) is 0 Å². The van der Waals surface area contributed by atoms with Gasteiger partial charge in [-0.15, -0.1) is 0 Å². The zero-order valence-corrected chi connectivity index (χ0v) is 10.2. The molecule has 2 aromatic rings. The number of aryl methyl sites for hydroxylation is 2. The molecule has 1 heterocycles. The lowest BCUT2D eigenvalue weighted by Gasteiger charge is -2.06. The third kappa shape index (κ3) is 2.20. The van der Waals surface area contributed by atoms with Gasteiger partial charge in [-0.05, 0) is 19.4 Å². The highest BCUT2D eigenvalue weighted by Gasteiger charge is 2.16. The first-order chi connectivity index (χ1) is 8.49. The molecule has 0 aliphatic carbocycles. The lowest BCUT2D eigenvalue weighted by molar-refractivity contribution is -0.136. The monoisotopic (exact) mass is 246 g/mol. The van der Waals surface area contributed by atoms with Crippen LogP contribution in [0, 0.1) is 13.8 Å². The molecular formula is C13H14N2O3. The molecular weight excluding hydrogens is 232 g/mol. The molecule has 0 radical (unpaired) electrons. The number of aliphatic carboxylic acids is 1. The summed E-state index contributed by atoms with van der Waals surface area (Å²) >= 11 is 0. The van der Waals surface area contributed by atoms with Crippen LogP contribution in [0.25, 0.3) is 11.3 Å². The van der Waals surface area contributed by atoms with Gasteiger partial charge in [-0.2, -0.15) is 0 Å². The van der Waals surface area contributed by atoms with Crippen molar-refractivity contribution in [1.82, 2.24) is 10.2 Å². The van der Waals surface area contributed by atoms with Gasteiger partial charge in [-0.1, -0.05) is 23.8 Å². The van der Waals surface area contributed by atoms with Crippen molar-refractivity contribution in [3.05, 3.63) is 45.2 Å². The molecule has 0 bridgehead atoms. The summed E-state index contributed by atoms with van der Waals surface area (Å²) in [5.41, 5.74) is 3.39. The van der Waals surface area contributed by atoms with E-state index in [1.807, 2.05) is 32.0 Å². The summed E-state index contributed by atoms with van der Waals surface area (Å²) in [6.45, 7) is 3.91. The van der Waals surface area contributed by atoms with Gasteiger partial charge in [-0.25, -0.2) is 0 Å². The minimum Gasteiger partial charge on any atom is -0.481 e. The van der Waals surface area contributed by atoms with Crippen molar-refractivity contribution in [1.29, 1.82) is 0 Å². The molecule has 94 valence electrons. The highest BCUT2D eigenvalue weighted by molar-refractivity contribution is 5.75. The highest BCUT2D eigenvalue weighted by Crippen LogP contribution is 2.24. The van der Waals surface area contributed by atoms with Crippen molar-refractivity contribution in [2.24, 2.45) is 0 Å². The van der Waals surface area contributed by atoms with Crippen LogP contribution in [0.1, 0.15) is 16.7 Å². The van der Waals surface area contributed by atoms with Gasteiger partial charge in [0.2, 0.25) is 0 Å². The molecule has 3 N–H and O–H groups in total. The van der Waals surface area contributed by atoms with Crippen LogP contribution in [0.2, 0.25) is 0 Å². The standard InChI is InChI=1S/C13H14N2O3/c1-7-3-4-9(8(2)5-7)12-10(6-11(16)17)13(18)15-14-12/h3-5H,6H2,1-2H3,(H,16,17)(H2,14,15,18). The maximum Gasteiger partial charge on any atom is 0.308 e. The number of hydrogen-bond donors (Lipinski definition) is 3. The third-order valence-corrected chi connectivity index (χ3v) is 2.86. The van der Waals surface area contributed by atoms with E-state index >= 15 is 0 Å². The number of carboxylic acids is 1. The average molecular weight is 246 g/mol. The highest BCUT2D eigenvalue weighted by atomic mass is 16.4. The Kier molecular flexibility index (Phi) is 3.06. The number of benzene rings is 1. The van der Waals surface area contributed by atoms with Gasteiger partial charge >= 0.3 is 5.97 Å². The first-order valence-electron chi connectivity index (χ1n) is 5.58. The molecule has 0 unspecified atom stereocenters. The molecule has 0 saturated carbocycles. The predicted octanol–water partition coefficient (Wildman–Crippen LogP) is 1.61. The van der Waals surface area contributed by atoms with E-state index in [-0.39, 0.29) is 17.5 Å². The van der Waals surface area contributed by atoms with Crippen molar-refractivity contribution in [3.8, 4) is 11.3 Å². The molecule has 5 nitrogen and oxygen atoms in total. The maximum atomic E-state index is 11.6. The molecule has 2 rings (SSSR count). The largest absolute Gasteiger partial charge is 0.481 e. The molecule has 1 aromatic heterocycles. The van der Waals surface area contributed by atoms with Crippen LogP contribution in [0.4, 0.5) is 0 Å². The second-order valence-corrected chi connectivity index (χ2v) is 4.32. The van der Waals surface area contributed by atoms with Gasteiger partial charge < -0.3 is 5.11 Å². The van der Waals surface area contributed by atoms with E-state index in [9.17, 15) is 9.59 Å². The lowest BCUT2D eigenvalue weighted by Crippen LogP contribution is -2.11. The van der Waals surface area contributed by atoms with Gasteiger partial charge in [0.05, 0.1) is 17.7 Å². The van der Waals surface area contributed by atoms with E-state index in [0.717, 1.165) is 16.7 Å². The molecule has 0 amide bonds. The van der Waals surface area contributed by atoms with Crippen LogP contribution in [0.3, 0.4) is 0 Å². The Balaban J connectivity index is 2.57. The molecule has 0 aliphatic heterocycles. The second kappa shape index (κ2) is 4.52. The topological polar surface area (TPSA) is 86.0 Å². The Morgan fingerprint density at radius 2 is 2.00 bits per heavy atom. The van der Waals surface area contributed by atoms with Crippen LogP contribution < -0.4 is 5.56 Å². The van der Waals surface area contributed by atoms with Crippen LogP contribution in [-0.2, 0) is 11.2 Å². The van der Waals surface area contributed by atoms with Crippen molar-refractivity contribution in [2.45, 2.75) is 20.3 Å². The zero-order chi connectivity index (χ0) is 13.3. The number of H-pyrrole nitrogens is 2. The van der Waals surface area contributed by atoms with Crippen LogP contribution in [0.5, 0.6) is 0 Å². The first-order valence-corrected chi connectivity index (χ1v) is 5.58. The molecule has 18 heavy (non-hydrogen) atoms. The Labute approximate surface area is 103 Å². The summed E-state index contributed by atoms with van der Waals surface area (Å²) in [6, 6.07) is 5.80. The van der Waals surface area contributed by atoms with E-state index in [2.05, 4.69) is 10.2 Å². The summed E-state index contributed by atoms with van der Waals surface area (Å²) in [6.07, 6.45) is -0.290. The maximum absolute atomic E-state index is 11.6. The third-order valence-electron chi connectivity index (χ3n) is 2.86. The number of nitrogens with one attached hydrogen (secondary N) is 2. The molecule has 0 saturated heterocycles. The van der Waals surface area contributed by atoms with E-state index in [4.69, 9.17) is 5.11 Å². The number of hydrogen-bond acceptors (Lipinski definition) is 2. The Hall–Kier alpha value is -2.30. The number of rotatable bonds is 3. The second-order valence-electron chi connectivity index (χ2n) is 4.32.